The number of rotatable bonds is 3. The van der Waals surface area contributed by atoms with Crippen LogP contribution in [0.2, 0.25) is 0 Å². The summed E-state index contributed by atoms with van der Waals surface area (Å²) in [5.41, 5.74) is 1.81. The number of benzene rings is 2. The fraction of sp³-hybridized carbons (Fsp3) is 0.409. The molecule has 30 heavy (non-hydrogen) atoms. The van der Waals surface area contributed by atoms with Gasteiger partial charge in [0.05, 0.1) is 10.6 Å². The molecule has 0 unspecified atom stereocenters. The van der Waals surface area contributed by atoms with E-state index in [1.807, 2.05) is 18.7 Å². The maximum absolute atomic E-state index is 14.1. The first kappa shape index (κ1) is 20.8. The lowest BCUT2D eigenvalue weighted by Crippen LogP contribution is -2.48. The summed E-state index contributed by atoms with van der Waals surface area (Å²) in [5, 5.41) is 0. The number of sulfonamides is 1. The molecule has 0 atom stereocenters. The molecule has 2 aliphatic rings. The molecule has 2 heterocycles. The van der Waals surface area contributed by atoms with Crippen molar-refractivity contribution in [3.05, 3.63) is 53.8 Å². The van der Waals surface area contributed by atoms with Crippen molar-refractivity contribution in [1.29, 1.82) is 0 Å². The summed E-state index contributed by atoms with van der Waals surface area (Å²) < 4.78 is 42.1. The second kappa shape index (κ2) is 7.35. The number of anilines is 2. The van der Waals surface area contributed by atoms with E-state index in [0.717, 1.165) is 11.3 Å². The Balaban J connectivity index is 1.57. The number of carbonyl (C=O) groups is 1. The predicted molar refractivity (Wildman–Crippen MR) is 115 cm³/mol. The number of carbonyl (C=O) groups excluding carboxylic acids is 1. The van der Waals surface area contributed by atoms with E-state index >= 15 is 0 Å². The molecule has 1 fully saturated rings. The van der Waals surface area contributed by atoms with Crippen LogP contribution >= 0.6 is 0 Å². The number of amides is 1. The molecule has 0 aliphatic carbocycles. The summed E-state index contributed by atoms with van der Waals surface area (Å²) in [6.07, 6.45) is 0. The molecule has 0 spiro atoms. The summed E-state index contributed by atoms with van der Waals surface area (Å²) in [7, 11) is -3.68. The second-order valence-electron chi connectivity index (χ2n) is 8.51. The molecule has 8 heteroatoms. The Hall–Kier alpha value is -2.45. The van der Waals surface area contributed by atoms with Crippen LogP contribution in [0, 0.1) is 5.82 Å². The van der Waals surface area contributed by atoms with Crippen LogP contribution in [0.3, 0.4) is 0 Å². The van der Waals surface area contributed by atoms with Gasteiger partial charge in [-0.2, -0.15) is 4.31 Å². The van der Waals surface area contributed by atoms with Gasteiger partial charge in [-0.05, 0) is 35.9 Å². The number of nitrogens with zero attached hydrogens (tertiary/aromatic N) is 3. The Kier molecular flexibility index (Phi) is 5.10. The monoisotopic (exact) mass is 431 g/mol. The van der Waals surface area contributed by atoms with Crippen LogP contribution in [0.4, 0.5) is 15.8 Å². The first-order valence-corrected chi connectivity index (χ1v) is 11.5. The van der Waals surface area contributed by atoms with Gasteiger partial charge in [-0.25, -0.2) is 12.8 Å². The van der Waals surface area contributed by atoms with Gasteiger partial charge in [-0.1, -0.05) is 26.0 Å². The molecule has 0 radical (unpaired) electrons. The molecule has 1 saturated heterocycles. The van der Waals surface area contributed by atoms with Gasteiger partial charge in [0.15, 0.2) is 0 Å². The normalized spacial score (nSPS) is 19.1. The Bertz CT molecular complexity index is 1090. The van der Waals surface area contributed by atoms with Gasteiger partial charge >= 0.3 is 0 Å². The first-order valence-electron chi connectivity index (χ1n) is 10.0. The van der Waals surface area contributed by atoms with Gasteiger partial charge in [0.2, 0.25) is 15.9 Å². The number of hydrogen-bond donors (Lipinski definition) is 0. The Morgan fingerprint density at radius 3 is 2.30 bits per heavy atom. The van der Waals surface area contributed by atoms with E-state index in [2.05, 4.69) is 0 Å². The van der Waals surface area contributed by atoms with Gasteiger partial charge in [0.25, 0.3) is 0 Å². The zero-order valence-electron chi connectivity index (χ0n) is 17.4. The predicted octanol–water partition coefficient (Wildman–Crippen LogP) is 2.98. The van der Waals surface area contributed by atoms with E-state index in [1.165, 1.54) is 17.3 Å². The lowest BCUT2D eigenvalue weighted by molar-refractivity contribution is -0.116. The van der Waals surface area contributed by atoms with Crippen LogP contribution in [0.25, 0.3) is 0 Å². The molecule has 2 aromatic rings. The molecular formula is C22H26FN3O3S. The Morgan fingerprint density at radius 2 is 1.67 bits per heavy atom. The van der Waals surface area contributed by atoms with Gasteiger partial charge in [0, 0.05) is 50.7 Å². The van der Waals surface area contributed by atoms with Crippen LogP contribution in [0.15, 0.2) is 47.4 Å². The smallest absolute Gasteiger partial charge is 0.243 e. The quantitative estimate of drug-likeness (QED) is 0.750. The van der Waals surface area contributed by atoms with Crippen molar-refractivity contribution in [3.8, 4) is 0 Å². The van der Waals surface area contributed by atoms with E-state index in [4.69, 9.17) is 0 Å². The van der Waals surface area contributed by atoms with Crippen molar-refractivity contribution in [3.63, 3.8) is 0 Å². The highest BCUT2D eigenvalue weighted by Gasteiger charge is 2.38. The Morgan fingerprint density at radius 1 is 1.00 bits per heavy atom. The minimum absolute atomic E-state index is 0.0540. The maximum atomic E-state index is 14.1. The Labute approximate surface area is 176 Å². The highest BCUT2D eigenvalue weighted by atomic mass is 32.2. The average Bonchev–Trinajstić information content (AvgIpc) is 2.99. The highest BCUT2D eigenvalue weighted by molar-refractivity contribution is 7.89. The summed E-state index contributed by atoms with van der Waals surface area (Å²) in [6, 6.07) is 11.6. The third kappa shape index (κ3) is 3.48. The molecule has 160 valence electrons. The van der Waals surface area contributed by atoms with Gasteiger partial charge < -0.3 is 9.80 Å². The molecule has 0 bridgehead atoms. The summed E-state index contributed by atoms with van der Waals surface area (Å²) in [4.78, 5) is 15.8. The molecule has 2 aromatic carbocycles. The molecular weight excluding hydrogens is 405 g/mol. The standard InChI is InChI=1S/C22H26FN3O3S/c1-16(27)26-15-22(2,3)18-14-17(8-9-20(18)26)30(28,29)25-12-10-24(11-13-25)21-7-5-4-6-19(21)23/h4-9,14H,10-13,15H2,1-3H3. The zero-order valence-corrected chi connectivity index (χ0v) is 18.2. The molecule has 6 nitrogen and oxygen atoms in total. The van der Waals surface area contributed by atoms with Crippen LogP contribution in [0.5, 0.6) is 0 Å². The van der Waals surface area contributed by atoms with E-state index < -0.39 is 10.0 Å². The SMILES string of the molecule is CC(=O)N1CC(C)(C)c2cc(S(=O)(=O)N3CCN(c4ccccc4F)CC3)ccc21. The lowest BCUT2D eigenvalue weighted by Gasteiger charge is -2.35. The van der Waals surface area contributed by atoms with Crippen molar-refractivity contribution in [1.82, 2.24) is 4.31 Å². The van der Waals surface area contributed by atoms with Crippen molar-refractivity contribution in [2.24, 2.45) is 0 Å². The summed E-state index contributed by atoms with van der Waals surface area (Å²) in [6.45, 7) is 7.50. The third-order valence-electron chi connectivity index (χ3n) is 5.99. The zero-order chi connectivity index (χ0) is 21.7. The largest absolute Gasteiger partial charge is 0.367 e. The minimum Gasteiger partial charge on any atom is -0.367 e. The molecule has 1 amide bonds. The molecule has 4 rings (SSSR count). The van der Waals surface area contributed by atoms with E-state index in [-0.39, 0.29) is 35.1 Å². The minimum atomic E-state index is -3.68. The first-order chi connectivity index (χ1) is 14.1. The summed E-state index contributed by atoms with van der Waals surface area (Å²) >= 11 is 0. The van der Waals surface area contributed by atoms with Crippen molar-refractivity contribution >= 4 is 27.3 Å². The van der Waals surface area contributed by atoms with Gasteiger partial charge in [-0.15, -0.1) is 0 Å². The fourth-order valence-corrected chi connectivity index (χ4v) is 5.78. The third-order valence-corrected chi connectivity index (χ3v) is 7.89. The number of fused-ring (bicyclic) bond motifs is 1. The van der Waals surface area contributed by atoms with E-state index in [1.54, 1.807) is 41.3 Å². The van der Waals surface area contributed by atoms with E-state index in [9.17, 15) is 17.6 Å². The van der Waals surface area contributed by atoms with Crippen LogP contribution in [-0.2, 0) is 20.2 Å². The summed E-state index contributed by atoms with van der Waals surface area (Å²) in [5.74, 6) is -0.355. The molecule has 0 saturated carbocycles. The average molecular weight is 432 g/mol. The number of piperazine rings is 1. The van der Waals surface area contributed by atoms with Crippen molar-refractivity contribution < 1.29 is 17.6 Å². The molecule has 0 aromatic heterocycles. The number of halogens is 1. The number of para-hydroxylation sites is 1. The lowest BCUT2D eigenvalue weighted by atomic mass is 9.87. The van der Waals surface area contributed by atoms with Crippen LogP contribution in [-0.4, -0.2) is 51.4 Å². The van der Waals surface area contributed by atoms with Crippen LogP contribution < -0.4 is 9.80 Å². The van der Waals surface area contributed by atoms with Crippen molar-refractivity contribution in [2.75, 3.05) is 42.5 Å². The van der Waals surface area contributed by atoms with Gasteiger partial charge in [0.1, 0.15) is 5.82 Å². The molecule has 0 N–H and O–H groups in total. The van der Waals surface area contributed by atoms with Crippen LogP contribution in [0.1, 0.15) is 26.3 Å². The van der Waals surface area contributed by atoms with Gasteiger partial charge in [-0.3, -0.25) is 4.79 Å². The fourth-order valence-electron chi connectivity index (χ4n) is 4.33. The van der Waals surface area contributed by atoms with E-state index in [0.29, 0.717) is 25.3 Å². The topological polar surface area (TPSA) is 60.9 Å². The number of hydrogen-bond acceptors (Lipinski definition) is 4. The molecule has 2 aliphatic heterocycles. The second-order valence-corrected chi connectivity index (χ2v) is 10.4. The van der Waals surface area contributed by atoms with Crippen molar-refractivity contribution in [2.45, 2.75) is 31.1 Å². The highest BCUT2D eigenvalue weighted by Crippen LogP contribution is 2.42. The maximum Gasteiger partial charge on any atom is 0.243 e.